The predicted molar refractivity (Wildman–Crippen MR) is 73.9 cm³/mol. The normalized spacial score (nSPS) is 32.2. The zero-order chi connectivity index (χ0) is 13.2. The van der Waals surface area contributed by atoms with Crippen LogP contribution in [0.3, 0.4) is 0 Å². The fourth-order valence-electron chi connectivity index (χ4n) is 3.38. The highest BCUT2D eigenvalue weighted by Gasteiger charge is 2.35. The van der Waals surface area contributed by atoms with E-state index in [9.17, 15) is 4.79 Å². The molecule has 0 aromatic heterocycles. The van der Waals surface area contributed by atoms with Crippen LogP contribution in [-0.2, 0) is 9.53 Å². The first-order chi connectivity index (χ1) is 9.24. The molecule has 1 amide bonds. The molecule has 3 rings (SSSR count). The fraction of sp³-hybridized carbons (Fsp3) is 0.933. The van der Waals surface area contributed by atoms with Crippen LogP contribution in [0.4, 0.5) is 0 Å². The second-order valence-electron chi connectivity index (χ2n) is 6.50. The van der Waals surface area contributed by atoms with Gasteiger partial charge in [-0.2, -0.15) is 0 Å². The van der Waals surface area contributed by atoms with Crippen LogP contribution < -0.4 is 0 Å². The summed E-state index contributed by atoms with van der Waals surface area (Å²) in [5.74, 6) is 0.929. The number of carbonyl (C=O) groups is 1. The smallest absolute Gasteiger partial charge is 0.248 e. The molecule has 2 saturated heterocycles. The van der Waals surface area contributed by atoms with Crippen molar-refractivity contribution in [2.24, 2.45) is 5.92 Å². The Bertz CT molecular complexity index is 330. The molecule has 1 saturated carbocycles. The van der Waals surface area contributed by atoms with Crippen molar-refractivity contribution < 1.29 is 9.53 Å². The largest absolute Gasteiger partial charge is 0.371 e. The number of hydrogen-bond donors (Lipinski definition) is 0. The Balaban J connectivity index is 1.49. The summed E-state index contributed by atoms with van der Waals surface area (Å²) >= 11 is 0. The lowest BCUT2D eigenvalue weighted by Crippen LogP contribution is -2.60. The van der Waals surface area contributed by atoms with E-state index in [1.54, 1.807) is 0 Å². The predicted octanol–water partition coefficient (Wildman–Crippen LogP) is 1.50. The molecule has 3 aliphatic rings. The van der Waals surface area contributed by atoms with Gasteiger partial charge in [-0.25, -0.2) is 0 Å². The van der Waals surface area contributed by atoms with Crippen molar-refractivity contribution in [1.82, 2.24) is 9.80 Å². The maximum Gasteiger partial charge on any atom is 0.248 e. The molecule has 2 aliphatic heterocycles. The van der Waals surface area contributed by atoms with Crippen molar-refractivity contribution in [1.29, 1.82) is 0 Å². The quantitative estimate of drug-likeness (QED) is 0.773. The number of amides is 1. The molecule has 3 fully saturated rings. The maximum atomic E-state index is 12.3. The van der Waals surface area contributed by atoms with E-state index in [-0.39, 0.29) is 12.5 Å². The van der Waals surface area contributed by atoms with E-state index in [0.717, 1.165) is 25.6 Å². The maximum absolute atomic E-state index is 12.3. The number of hydrogen-bond acceptors (Lipinski definition) is 3. The lowest BCUT2D eigenvalue weighted by Gasteiger charge is -2.47. The zero-order valence-electron chi connectivity index (χ0n) is 12.0. The molecule has 2 atom stereocenters. The molecular weight excluding hydrogens is 240 g/mol. The Morgan fingerprint density at radius 1 is 1.21 bits per heavy atom. The summed E-state index contributed by atoms with van der Waals surface area (Å²) in [4.78, 5) is 16.9. The average molecular weight is 266 g/mol. The lowest BCUT2D eigenvalue weighted by molar-refractivity contribution is -0.143. The van der Waals surface area contributed by atoms with E-state index >= 15 is 0 Å². The van der Waals surface area contributed by atoms with Gasteiger partial charge in [0.1, 0.15) is 6.61 Å². The number of rotatable bonds is 4. The third kappa shape index (κ3) is 3.29. The van der Waals surface area contributed by atoms with Crippen LogP contribution in [0.2, 0.25) is 0 Å². The fourth-order valence-corrected chi connectivity index (χ4v) is 3.38. The van der Waals surface area contributed by atoms with Gasteiger partial charge in [0.05, 0.1) is 6.61 Å². The van der Waals surface area contributed by atoms with Crippen LogP contribution in [0.25, 0.3) is 0 Å². The van der Waals surface area contributed by atoms with Gasteiger partial charge in [-0.1, -0.05) is 6.42 Å². The summed E-state index contributed by atoms with van der Waals surface area (Å²) in [6, 6.07) is 0.934. The first kappa shape index (κ1) is 13.4. The van der Waals surface area contributed by atoms with Crippen LogP contribution in [0, 0.1) is 5.92 Å². The molecule has 0 aromatic rings. The van der Waals surface area contributed by atoms with Gasteiger partial charge in [-0.05, 0) is 45.1 Å². The van der Waals surface area contributed by atoms with Gasteiger partial charge in [0.2, 0.25) is 5.91 Å². The van der Waals surface area contributed by atoms with Crippen molar-refractivity contribution in [3.63, 3.8) is 0 Å². The van der Waals surface area contributed by atoms with Gasteiger partial charge in [0, 0.05) is 25.2 Å². The van der Waals surface area contributed by atoms with Crippen LogP contribution in [-0.4, -0.2) is 60.6 Å². The molecule has 0 radical (unpaired) electrons. The molecule has 108 valence electrons. The van der Waals surface area contributed by atoms with Gasteiger partial charge in [-0.15, -0.1) is 0 Å². The lowest BCUT2D eigenvalue weighted by atomic mass is 9.97. The number of carbonyl (C=O) groups excluding carboxylic acids is 1. The summed E-state index contributed by atoms with van der Waals surface area (Å²) in [6.45, 7) is 6.40. The second kappa shape index (κ2) is 5.80. The van der Waals surface area contributed by atoms with E-state index < -0.39 is 0 Å². The standard InChI is InChI=1S/C15H26N2O2/c1-12-8-16-7-3-2-4-14(16)9-17(12)15(18)11-19-10-13-5-6-13/h12-14H,2-11H2,1H3/t12-,14+/m1/s1. The third-order valence-electron chi connectivity index (χ3n) is 4.78. The molecule has 2 heterocycles. The van der Waals surface area contributed by atoms with Gasteiger partial charge in [0.25, 0.3) is 0 Å². The molecule has 1 aliphatic carbocycles. The highest BCUT2D eigenvalue weighted by atomic mass is 16.5. The van der Waals surface area contributed by atoms with Crippen molar-refractivity contribution in [2.75, 3.05) is 32.8 Å². The SMILES string of the molecule is C[C@@H]1CN2CCCC[C@H]2CN1C(=O)COCC1CC1. The van der Waals surface area contributed by atoms with Crippen LogP contribution in [0.15, 0.2) is 0 Å². The van der Waals surface area contributed by atoms with Crippen LogP contribution in [0.5, 0.6) is 0 Å². The summed E-state index contributed by atoms with van der Waals surface area (Å²) < 4.78 is 5.55. The minimum atomic E-state index is 0.193. The molecule has 4 nitrogen and oxygen atoms in total. The summed E-state index contributed by atoms with van der Waals surface area (Å²) in [7, 11) is 0. The van der Waals surface area contributed by atoms with Gasteiger partial charge in [0.15, 0.2) is 0 Å². The Morgan fingerprint density at radius 2 is 2.05 bits per heavy atom. The van der Waals surface area contributed by atoms with Crippen LogP contribution in [0.1, 0.15) is 39.0 Å². The van der Waals surface area contributed by atoms with E-state index in [2.05, 4.69) is 16.7 Å². The summed E-state index contributed by atoms with van der Waals surface area (Å²) in [5.41, 5.74) is 0. The first-order valence-corrected chi connectivity index (χ1v) is 7.85. The van der Waals surface area contributed by atoms with Crippen LogP contribution >= 0.6 is 0 Å². The number of fused-ring (bicyclic) bond motifs is 1. The van der Waals surface area contributed by atoms with Gasteiger partial charge in [-0.3, -0.25) is 9.69 Å². The Morgan fingerprint density at radius 3 is 2.84 bits per heavy atom. The van der Waals surface area contributed by atoms with E-state index in [4.69, 9.17) is 4.74 Å². The molecule has 0 bridgehead atoms. The minimum absolute atomic E-state index is 0.193. The van der Waals surface area contributed by atoms with E-state index in [1.807, 2.05) is 0 Å². The molecule has 0 aromatic carbocycles. The van der Waals surface area contributed by atoms with E-state index in [1.165, 1.54) is 38.6 Å². The highest BCUT2D eigenvalue weighted by Crippen LogP contribution is 2.29. The molecule has 0 spiro atoms. The topological polar surface area (TPSA) is 32.8 Å². The highest BCUT2D eigenvalue weighted by molar-refractivity contribution is 5.78. The molecule has 0 N–H and O–H groups in total. The van der Waals surface area contributed by atoms with Crippen molar-refractivity contribution in [3.8, 4) is 0 Å². The van der Waals surface area contributed by atoms with Crippen molar-refractivity contribution in [3.05, 3.63) is 0 Å². The Hall–Kier alpha value is -0.610. The van der Waals surface area contributed by atoms with Crippen molar-refractivity contribution >= 4 is 5.91 Å². The minimum Gasteiger partial charge on any atom is -0.371 e. The monoisotopic (exact) mass is 266 g/mol. The van der Waals surface area contributed by atoms with Crippen molar-refractivity contribution in [2.45, 2.75) is 51.1 Å². The molecule has 19 heavy (non-hydrogen) atoms. The third-order valence-corrected chi connectivity index (χ3v) is 4.78. The number of ether oxygens (including phenoxy) is 1. The molecule has 4 heteroatoms. The first-order valence-electron chi connectivity index (χ1n) is 7.85. The average Bonchev–Trinajstić information content (AvgIpc) is 3.22. The van der Waals surface area contributed by atoms with Gasteiger partial charge < -0.3 is 9.64 Å². The number of nitrogens with zero attached hydrogens (tertiary/aromatic N) is 2. The molecular formula is C15H26N2O2. The van der Waals surface area contributed by atoms with Gasteiger partial charge >= 0.3 is 0 Å². The number of piperazine rings is 1. The number of piperidine rings is 1. The van der Waals surface area contributed by atoms with E-state index in [0.29, 0.717) is 12.1 Å². The second-order valence-corrected chi connectivity index (χ2v) is 6.50. The summed E-state index contributed by atoms with van der Waals surface area (Å²) in [5, 5.41) is 0. The Kier molecular flexibility index (Phi) is 4.08. The zero-order valence-corrected chi connectivity index (χ0v) is 12.0. The Labute approximate surface area is 116 Å². The molecule has 0 unspecified atom stereocenters. The summed E-state index contributed by atoms with van der Waals surface area (Å²) in [6.07, 6.45) is 6.45.